The maximum atomic E-state index is 12.3. The van der Waals surface area contributed by atoms with Crippen LogP contribution in [-0.4, -0.2) is 15.7 Å². The molecule has 0 spiro atoms. The molecule has 1 aliphatic carbocycles. The first-order valence-corrected chi connectivity index (χ1v) is 7.20. The molecule has 0 aliphatic heterocycles. The third kappa shape index (κ3) is 2.46. The number of rotatable bonds is 3. The number of nitrogens with one attached hydrogen (secondary N) is 1. The summed E-state index contributed by atoms with van der Waals surface area (Å²) in [6.07, 6.45) is 5.05. The lowest BCUT2D eigenvalue weighted by molar-refractivity contribution is 0.0927. The highest BCUT2D eigenvalue weighted by atomic mass is 16.2. The molecule has 104 valence electrons. The van der Waals surface area contributed by atoms with Crippen LogP contribution >= 0.6 is 0 Å². The van der Waals surface area contributed by atoms with Gasteiger partial charge in [0.1, 0.15) is 5.69 Å². The smallest absolute Gasteiger partial charge is 0.272 e. The van der Waals surface area contributed by atoms with E-state index in [9.17, 15) is 4.79 Å². The molecule has 0 bridgehead atoms. The number of hydrogen-bond donors (Lipinski definition) is 1. The van der Waals surface area contributed by atoms with Crippen molar-refractivity contribution < 1.29 is 4.79 Å². The Labute approximate surface area is 118 Å². The lowest BCUT2D eigenvalue weighted by Crippen LogP contribution is -2.31. The Bertz CT molecular complexity index is 618. The second-order valence-corrected chi connectivity index (χ2v) is 5.17. The van der Waals surface area contributed by atoms with E-state index in [4.69, 9.17) is 0 Å². The largest absolute Gasteiger partial charge is 0.344 e. The third-order valence-electron chi connectivity index (χ3n) is 3.87. The van der Waals surface area contributed by atoms with Crippen LogP contribution in [0, 0.1) is 0 Å². The van der Waals surface area contributed by atoms with Crippen LogP contribution < -0.4 is 5.32 Å². The van der Waals surface area contributed by atoms with Gasteiger partial charge in [0.2, 0.25) is 0 Å². The van der Waals surface area contributed by atoms with Crippen molar-refractivity contribution in [1.29, 1.82) is 0 Å². The third-order valence-corrected chi connectivity index (χ3v) is 3.87. The lowest BCUT2D eigenvalue weighted by atomic mass is 9.88. The zero-order chi connectivity index (χ0) is 13.9. The molecule has 1 unspecified atom stereocenters. The minimum Gasteiger partial charge on any atom is -0.344 e. The highest BCUT2D eigenvalue weighted by Crippen LogP contribution is 2.29. The van der Waals surface area contributed by atoms with Gasteiger partial charge in [0.15, 0.2) is 0 Å². The number of benzene rings is 1. The van der Waals surface area contributed by atoms with Crippen molar-refractivity contribution in [3.8, 4) is 0 Å². The molecule has 3 rings (SSSR count). The van der Waals surface area contributed by atoms with Gasteiger partial charge in [-0.3, -0.25) is 9.48 Å². The molecule has 1 aromatic carbocycles. The Balaban J connectivity index is 1.77. The number of nitrogens with zero attached hydrogens (tertiary/aromatic N) is 2. The topological polar surface area (TPSA) is 46.9 Å². The average Bonchev–Trinajstić information content (AvgIpc) is 2.97. The van der Waals surface area contributed by atoms with Crippen LogP contribution in [0.3, 0.4) is 0 Å². The van der Waals surface area contributed by atoms with Gasteiger partial charge in [0, 0.05) is 12.7 Å². The number of amides is 1. The Morgan fingerprint density at radius 2 is 2.25 bits per heavy atom. The molecule has 0 radical (unpaired) electrons. The summed E-state index contributed by atoms with van der Waals surface area (Å²) in [5.41, 5.74) is 3.10. The fourth-order valence-corrected chi connectivity index (χ4v) is 2.79. The molecule has 1 amide bonds. The normalized spacial score (nSPS) is 17.6. The fraction of sp³-hybridized carbons (Fsp3) is 0.375. The second kappa shape index (κ2) is 5.49. The highest BCUT2D eigenvalue weighted by molar-refractivity contribution is 5.92. The predicted molar refractivity (Wildman–Crippen MR) is 77.5 cm³/mol. The number of fused-ring (bicyclic) bond motifs is 1. The summed E-state index contributed by atoms with van der Waals surface area (Å²) in [4.78, 5) is 12.3. The first-order chi connectivity index (χ1) is 9.78. The molecule has 4 nitrogen and oxygen atoms in total. The molecule has 0 fully saturated rings. The number of aryl methyl sites for hydroxylation is 2. The molecule has 1 N–H and O–H groups in total. The summed E-state index contributed by atoms with van der Waals surface area (Å²) in [7, 11) is 0. The van der Waals surface area contributed by atoms with E-state index in [2.05, 4.69) is 28.6 Å². The zero-order valence-corrected chi connectivity index (χ0v) is 11.7. The summed E-state index contributed by atoms with van der Waals surface area (Å²) in [5, 5.41) is 7.37. The molecule has 2 aromatic rings. The predicted octanol–water partition coefficient (Wildman–Crippen LogP) is 2.71. The average molecular weight is 269 g/mol. The van der Waals surface area contributed by atoms with Gasteiger partial charge in [0.25, 0.3) is 5.91 Å². The van der Waals surface area contributed by atoms with E-state index in [-0.39, 0.29) is 11.9 Å². The van der Waals surface area contributed by atoms with Crippen LogP contribution in [0.5, 0.6) is 0 Å². The molecule has 0 saturated carbocycles. The van der Waals surface area contributed by atoms with E-state index >= 15 is 0 Å². The number of hydrogen-bond acceptors (Lipinski definition) is 2. The van der Waals surface area contributed by atoms with E-state index < -0.39 is 0 Å². The monoisotopic (exact) mass is 269 g/mol. The highest BCUT2D eigenvalue weighted by Gasteiger charge is 2.22. The standard InChI is InChI=1S/C16H19N3O/c1-2-19-11-10-15(18-19)16(20)17-14-9-5-7-12-6-3-4-8-13(12)14/h3-4,6,8,10-11,14H,2,5,7,9H2,1H3,(H,17,20). The van der Waals surface area contributed by atoms with Gasteiger partial charge in [-0.1, -0.05) is 24.3 Å². The minimum absolute atomic E-state index is 0.0843. The van der Waals surface area contributed by atoms with Gasteiger partial charge >= 0.3 is 0 Å². The van der Waals surface area contributed by atoms with Crippen LogP contribution in [0.2, 0.25) is 0 Å². The van der Waals surface area contributed by atoms with Crippen molar-refractivity contribution in [3.63, 3.8) is 0 Å². The first-order valence-electron chi connectivity index (χ1n) is 7.20. The van der Waals surface area contributed by atoms with Gasteiger partial charge in [0.05, 0.1) is 6.04 Å². The summed E-state index contributed by atoms with van der Waals surface area (Å²) < 4.78 is 1.77. The van der Waals surface area contributed by atoms with Crippen molar-refractivity contribution >= 4 is 5.91 Å². The Morgan fingerprint density at radius 3 is 3.05 bits per heavy atom. The maximum Gasteiger partial charge on any atom is 0.272 e. The van der Waals surface area contributed by atoms with Gasteiger partial charge in [-0.15, -0.1) is 0 Å². The van der Waals surface area contributed by atoms with Gasteiger partial charge < -0.3 is 5.32 Å². The fourth-order valence-electron chi connectivity index (χ4n) is 2.79. The van der Waals surface area contributed by atoms with E-state index in [1.807, 2.05) is 19.2 Å². The van der Waals surface area contributed by atoms with E-state index in [0.717, 1.165) is 25.8 Å². The quantitative estimate of drug-likeness (QED) is 0.931. The minimum atomic E-state index is -0.0843. The van der Waals surface area contributed by atoms with Crippen molar-refractivity contribution in [2.24, 2.45) is 0 Å². The van der Waals surface area contributed by atoms with E-state index in [1.165, 1.54) is 11.1 Å². The zero-order valence-electron chi connectivity index (χ0n) is 11.7. The summed E-state index contributed by atoms with van der Waals surface area (Å²) in [5.74, 6) is -0.0843. The molecule has 1 aliphatic rings. The van der Waals surface area contributed by atoms with Crippen molar-refractivity contribution in [2.45, 2.75) is 38.8 Å². The van der Waals surface area contributed by atoms with Crippen molar-refractivity contribution in [3.05, 3.63) is 53.3 Å². The Morgan fingerprint density at radius 1 is 1.40 bits per heavy atom. The van der Waals surface area contributed by atoms with Crippen LogP contribution in [-0.2, 0) is 13.0 Å². The SMILES string of the molecule is CCn1ccc(C(=O)NC2CCCc3ccccc32)n1. The molecule has 4 heteroatoms. The van der Waals surface area contributed by atoms with Gasteiger partial charge in [-0.05, 0) is 43.4 Å². The molecule has 1 heterocycles. The summed E-state index contributed by atoms with van der Waals surface area (Å²) in [6.45, 7) is 2.78. The van der Waals surface area contributed by atoms with Crippen LogP contribution in [0.1, 0.15) is 47.4 Å². The van der Waals surface area contributed by atoms with Crippen molar-refractivity contribution in [2.75, 3.05) is 0 Å². The van der Waals surface area contributed by atoms with Crippen LogP contribution in [0.25, 0.3) is 0 Å². The van der Waals surface area contributed by atoms with E-state index in [1.54, 1.807) is 10.7 Å². The maximum absolute atomic E-state index is 12.3. The molecule has 20 heavy (non-hydrogen) atoms. The van der Waals surface area contributed by atoms with Gasteiger partial charge in [-0.2, -0.15) is 5.10 Å². The number of carbonyl (C=O) groups is 1. The van der Waals surface area contributed by atoms with Crippen LogP contribution in [0.4, 0.5) is 0 Å². The Hall–Kier alpha value is -2.10. The Kier molecular flexibility index (Phi) is 3.54. The number of aromatic nitrogens is 2. The molecule has 1 aromatic heterocycles. The first kappa shape index (κ1) is 12.9. The second-order valence-electron chi connectivity index (χ2n) is 5.17. The van der Waals surface area contributed by atoms with Crippen LogP contribution in [0.15, 0.2) is 36.5 Å². The molecular weight excluding hydrogens is 250 g/mol. The van der Waals surface area contributed by atoms with Crippen molar-refractivity contribution in [1.82, 2.24) is 15.1 Å². The molecule has 1 atom stereocenters. The molecular formula is C16H19N3O. The number of carbonyl (C=O) groups excluding carboxylic acids is 1. The molecule has 0 saturated heterocycles. The summed E-state index contributed by atoms with van der Waals surface area (Å²) in [6, 6.07) is 10.2. The lowest BCUT2D eigenvalue weighted by Gasteiger charge is -2.26. The summed E-state index contributed by atoms with van der Waals surface area (Å²) >= 11 is 0. The van der Waals surface area contributed by atoms with E-state index in [0.29, 0.717) is 5.69 Å². The van der Waals surface area contributed by atoms with Gasteiger partial charge in [-0.25, -0.2) is 0 Å².